The highest BCUT2D eigenvalue weighted by molar-refractivity contribution is 6.33. The van der Waals surface area contributed by atoms with Gasteiger partial charge in [-0.05, 0) is 25.0 Å². The number of carbonyl (C=O) groups is 3. The molecule has 1 aliphatic rings. The van der Waals surface area contributed by atoms with Crippen LogP contribution in [0.4, 0.5) is 10.1 Å². The normalized spacial score (nSPS) is 15.4. The number of benzene rings is 2. The number of fused-ring (bicyclic) bond motifs is 1. The molecular weight excluding hydrogens is 487 g/mol. The Kier molecular flexibility index (Phi) is 6.19. The van der Waals surface area contributed by atoms with E-state index in [0.717, 1.165) is 0 Å². The molecule has 0 aliphatic carbocycles. The summed E-state index contributed by atoms with van der Waals surface area (Å²) in [5, 5.41) is 3.03. The minimum absolute atomic E-state index is 0.00773. The Labute approximate surface area is 210 Å². The van der Waals surface area contributed by atoms with E-state index >= 15 is 4.39 Å². The van der Waals surface area contributed by atoms with Gasteiger partial charge >= 0.3 is 0 Å². The van der Waals surface area contributed by atoms with Gasteiger partial charge in [-0.2, -0.15) is 0 Å². The zero-order valence-corrected chi connectivity index (χ0v) is 19.8. The summed E-state index contributed by atoms with van der Waals surface area (Å²) in [6.45, 7) is 0.260. The highest BCUT2D eigenvalue weighted by atomic mass is 35.5. The number of anilines is 1. The lowest BCUT2D eigenvalue weighted by Gasteiger charge is -2.24. The lowest BCUT2D eigenvalue weighted by Crippen LogP contribution is -2.44. The first-order chi connectivity index (χ1) is 17.3. The first kappa shape index (κ1) is 23.6. The molecule has 0 radical (unpaired) electrons. The maximum atomic E-state index is 15.3. The number of rotatable bonds is 6. The Morgan fingerprint density at radius 1 is 1.14 bits per heavy atom. The number of likely N-dealkylation sites (tertiary alicyclic amines) is 1. The number of carbonyl (C=O) groups excluding carboxylic acids is 3. The summed E-state index contributed by atoms with van der Waals surface area (Å²) in [5.41, 5.74) is 6.74. The number of nitrogens with two attached hydrogens (primary N) is 1. The van der Waals surface area contributed by atoms with Crippen molar-refractivity contribution < 1.29 is 18.8 Å². The molecule has 2 aromatic heterocycles. The van der Waals surface area contributed by atoms with Crippen molar-refractivity contribution in [1.82, 2.24) is 19.1 Å². The average molecular weight is 509 g/mol. The van der Waals surface area contributed by atoms with E-state index in [9.17, 15) is 14.4 Å². The zero-order valence-electron chi connectivity index (χ0n) is 19.0. The second-order valence-corrected chi connectivity index (χ2v) is 8.89. The molecule has 3 heterocycles. The van der Waals surface area contributed by atoms with Crippen LogP contribution in [0, 0.1) is 5.82 Å². The van der Waals surface area contributed by atoms with Crippen molar-refractivity contribution in [3.05, 3.63) is 77.5 Å². The molecule has 1 saturated heterocycles. The number of nitrogens with zero attached hydrogens (tertiary/aromatic N) is 4. The van der Waals surface area contributed by atoms with E-state index in [-0.39, 0.29) is 29.3 Å². The Morgan fingerprint density at radius 3 is 2.69 bits per heavy atom. The monoisotopic (exact) mass is 508 g/mol. The molecule has 184 valence electrons. The van der Waals surface area contributed by atoms with E-state index in [1.807, 2.05) is 0 Å². The predicted octanol–water partition coefficient (Wildman–Crippen LogP) is 3.32. The Hall–Kier alpha value is -4.18. The van der Waals surface area contributed by atoms with Gasteiger partial charge in [0, 0.05) is 41.3 Å². The first-order valence-electron chi connectivity index (χ1n) is 11.3. The minimum atomic E-state index is -0.759. The Morgan fingerprint density at radius 2 is 1.92 bits per heavy atom. The average Bonchev–Trinajstić information content (AvgIpc) is 3.59. The smallest absolute Gasteiger partial charge is 0.254 e. The van der Waals surface area contributed by atoms with Gasteiger partial charge in [0.15, 0.2) is 11.5 Å². The van der Waals surface area contributed by atoms with Crippen LogP contribution in [0.25, 0.3) is 16.8 Å². The van der Waals surface area contributed by atoms with Crippen LogP contribution in [0.1, 0.15) is 23.2 Å². The van der Waals surface area contributed by atoms with Crippen LogP contribution >= 0.6 is 11.6 Å². The summed E-state index contributed by atoms with van der Waals surface area (Å²) in [6, 6.07) is 10.8. The molecular formula is C25H22ClFN6O3. The van der Waals surface area contributed by atoms with Crippen LogP contribution < -0.4 is 11.1 Å². The summed E-state index contributed by atoms with van der Waals surface area (Å²) in [7, 11) is 0. The maximum absolute atomic E-state index is 15.3. The van der Waals surface area contributed by atoms with Crippen molar-refractivity contribution in [3.63, 3.8) is 0 Å². The van der Waals surface area contributed by atoms with E-state index in [1.54, 1.807) is 47.1 Å². The SMILES string of the molecule is NC(=O)c1cn(CC(=O)N2CCCC2C(=O)Nc2cccc(-c3ccccc3Cl)c2F)n2ccnc12. The summed E-state index contributed by atoms with van der Waals surface area (Å²) in [5.74, 6) is -2.06. The molecule has 1 unspecified atom stereocenters. The number of amides is 3. The van der Waals surface area contributed by atoms with Crippen molar-refractivity contribution >= 4 is 40.7 Å². The van der Waals surface area contributed by atoms with E-state index in [1.165, 1.54) is 28.0 Å². The van der Waals surface area contributed by atoms with Crippen molar-refractivity contribution in [2.45, 2.75) is 25.4 Å². The third-order valence-electron chi connectivity index (χ3n) is 6.28. The van der Waals surface area contributed by atoms with Crippen LogP contribution in [-0.2, 0) is 16.1 Å². The number of primary amides is 1. The molecule has 0 spiro atoms. The molecule has 9 nitrogen and oxygen atoms in total. The molecule has 2 aromatic carbocycles. The summed E-state index contributed by atoms with van der Waals surface area (Å²) >= 11 is 6.23. The molecule has 36 heavy (non-hydrogen) atoms. The number of halogens is 2. The maximum Gasteiger partial charge on any atom is 0.254 e. The number of hydrogen-bond donors (Lipinski definition) is 2. The van der Waals surface area contributed by atoms with Gasteiger partial charge in [0.25, 0.3) is 5.91 Å². The van der Waals surface area contributed by atoms with Gasteiger partial charge in [-0.25, -0.2) is 13.9 Å². The molecule has 0 saturated carbocycles. The quantitative estimate of drug-likeness (QED) is 0.415. The number of imidazole rings is 1. The first-order valence-corrected chi connectivity index (χ1v) is 11.7. The van der Waals surface area contributed by atoms with Gasteiger partial charge < -0.3 is 16.0 Å². The summed E-state index contributed by atoms with van der Waals surface area (Å²) in [6.07, 6.45) is 5.65. The van der Waals surface area contributed by atoms with Gasteiger partial charge in [-0.15, -0.1) is 0 Å². The Bertz CT molecular complexity index is 1500. The predicted molar refractivity (Wildman–Crippen MR) is 132 cm³/mol. The molecule has 1 fully saturated rings. The number of nitrogens with one attached hydrogen (secondary N) is 1. The van der Waals surface area contributed by atoms with E-state index < -0.39 is 23.7 Å². The second kappa shape index (κ2) is 9.46. The van der Waals surface area contributed by atoms with Gasteiger partial charge in [-0.3, -0.25) is 19.1 Å². The molecule has 3 N–H and O–H groups in total. The highest BCUT2D eigenvalue weighted by Gasteiger charge is 2.35. The van der Waals surface area contributed by atoms with Crippen LogP contribution in [0.5, 0.6) is 0 Å². The fourth-order valence-corrected chi connectivity index (χ4v) is 4.80. The minimum Gasteiger partial charge on any atom is -0.365 e. The third-order valence-corrected chi connectivity index (χ3v) is 6.61. The fourth-order valence-electron chi connectivity index (χ4n) is 4.56. The van der Waals surface area contributed by atoms with Crippen LogP contribution in [0.15, 0.2) is 61.1 Å². The Balaban J connectivity index is 1.34. The van der Waals surface area contributed by atoms with Gasteiger partial charge in [0.1, 0.15) is 18.2 Å². The van der Waals surface area contributed by atoms with E-state index in [2.05, 4.69) is 10.3 Å². The van der Waals surface area contributed by atoms with Crippen molar-refractivity contribution in [3.8, 4) is 11.1 Å². The van der Waals surface area contributed by atoms with Crippen LogP contribution in [0.2, 0.25) is 5.02 Å². The van der Waals surface area contributed by atoms with Crippen LogP contribution in [-0.4, -0.2) is 49.4 Å². The van der Waals surface area contributed by atoms with E-state index in [0.29, 0.717) is 35.6 Å². The molecule has 11 heteroatoms. The van der Waals surface area contributed by atoms with Crippen molar-refractivity contribution in [1.29, 1.82) is 0 Å². The van der Waals surface area contributed by atoms with Gasteiger partial charge in [0.2, 0.25) is 11.8 Å². The second-order valence-electron chi connectivity index (χ2n) is 8.48. The highest BCUT2D eigenvalue weighted by Crippen LogP contribution is 2.33. The molecule has 3 amide bonds. The molecule has 1 aliphatic heterocycles. The van der Waals surface area contributed by atoms with Gasteiger partial charge in [0.05, 0.1) is 5.69 Å². The molecule has 5 rings (SSSR count). The van der Waals surface area contributed by atoms with Crippen molar-refractivity contribution in [2.24, 2.45) is 5.73 Å². The summed E-state index contributed by atoms with van der Waals surface area (Å²) in [4.78, 5) is 43.6. The summed E-state index contributed by atoms with van der Waals surface area (Å²) < 4.78 is 18.4. The molecule has 1 atom stereocenters. The zero-order chi connectivity index (χ0) is 25.4. The number of aromatic nitrogens is 3. The molecule has 0 bridgehead atoms. The lowest BCUT2D eigenvalue weighted by atomic mass is 10.0. The number of hydrogen-bond acceptors (Lipinski definition) is 4. The van der Waals surface area contributed by atoms with E-state index in [4.69, 9.17) is 17.3 Å². The fraction of sp³-hybridized carbons (Fsp3) is 0.200. The van der Waals surface area contributed by atoms with Crippen molar-refractivity contribution in [2.75, 3.05) is 11.9 Å². The molecule has 4 aromatic rings. The standard InChI is InChI=1S/C25H22ClFN6O3/c26-18-7-2-1-5-15(18)16-6-3-8-19(22(16)27)30-25(36)20-9-4-11-32(20)21(34)14-31-13-17(23(28)35)24-29-10-12-33(24)31/h1-3,5-8,10,12-13,20H,4,9,11,14H2,(H2,28,35)(H,30,36). The largest absolute Gasteiger partial charge is 0.365 e. The third kappa shape index (κ3) is 4.20. The van der Waals surface area contributed by atoms with Gasteiger partial charge in [-0.1, -0.05) is 41.9 Å². The van der Waals surface area contributed by atoms with Crippen LogP contribution in [0.3, 0.4) is 0 Å². The lowest BCUT2D eigenvalue weighted by molar-refractivity contribution is -0.137. The topological polar surface area (TPSA) is 115 Å².